The summed E-state index contributed by atoms with van der Waals surface area (Å²) < 4.78 is 37.1. The van der Waals surface area contributed by atoms with Gasteiger partial charge in [0.15, 0.2) is 0 Å². The molecule has 17 heavy (non-hydrogen) atoms. The van der Waals surface area contributed by atoms with Gasteiger partial charge in [0.05, 0.1) is 13.2 Å². The number of alkyl halides is 3. The van der Waals surface area contributed by atoms with E-state index in [0.717, 1.165) is 0 Å². The van der Waals surface area contributed by atoms with E-state index in [-0.39, 0.29) is 12.6 Å². The summed E-state index contributed by atoms with van der Waals surface area (Å²) in [6.07, 6.45) is -3.21. The normalized spacial score (nSPS) is 18.2. The van der Waals surface area contributed by atoms with Gasteiger partial charge in [0.1, 0.15) is 0 Å². The third-order valence-electron chi connectivity index (χ3n) is 2.64. The Labute approximate surface area is 101 Å². The fourth-order valence-corrected chi connectivity index (χ4v) is 1.84. The Morgan fingerprint density at radius 1 is 1.35 bits per heavy atom. The van der Waals surface area contributed by atoms with Crippen molar-refractivity contribution in [1.29, 1.82) is 0 Å². The van der Waals surface area contributed by atoms with Crippen molar-refractivity contribution >= 4 is 0 Å². The first-order valence-corrected chi connectivity index (χ1v) is 5.82. The molecule has 0 radical (unpaired) electrons. The molecule has 0 fully saturated rings. The van der Waals surface area contributed by atoms with Crippen LogP contribution in [-0.4, -0.2) is 47.5 Å². The number of aliphatic hydroxyl groups excluding tert-OH is 1. The highest BCUT2D eigenvalue weighted by Gasteiger charge is 2.33. The largest absolute Gasteiger partial charge is 0.401 e. The number of rotatable bonds is 7. The van der Waals surface area contributed by atoms with Gasteiger partial charge in [0.25, 0.3) is 0 Å². The van der Waals surface area contributed by atoms with E-state index in [1.54, 1.807) is 13.8 Å². The monoisotopic (exact) mass is 256 g/mol. The van der Waals surface area contributed by atoms with Gasteiger partial charge in [-0.1, -0.05) is 6.92 Å². The third-order valence-corrected chi connectivity index (χ3v) is 2.64. The average Bonchev–Trinajstić information content (AvgIpc) is 2.14. The fraction of sp³-hybridized carbons (Fsp3) is 1.00. The molecule has 2 atom stereocenters. The first-order chi connectivity index (χ1) is 7.61. The Morgan fingerprint density at radius 2 is 1.88 bits per heavy atom. The van der Waals surface area contributed by atoms with Gasteiger partial charge in [-0.25, -0.2) is 0 Å². The van der Waals surface area contributed by atoms with E-state index in [1.807, 2.05) is 6.92 Å². The molecule has 0 saturated carbocycles. The predicted molar refractivity (Wildman–Crippen MR) is 61.7 cm³/mol. The molecule has 2 unspecified atom stereocenters. The fourth-order valence-electron chi connectivity index (χ4n) is 1.84. The molecular weight excluding hydrogens is 233 g/mol. The maximum Gasteiger partial charge on any atom is 0.401 e. The first kappa shape index (κ1) is 16.7. The van der Waals surface area contributed by atoms with E-state index in [1.165, 1.54) is 4.90 Å². The molecule has 0 heterocycles. The van der Waals surface area contributed by atoms with Crippen LogP contribution in [0.4, 0.5) is 13.2 Å². The zero-order chi connectivity index (χ0) is 13.7. The van der Waals surface area contributed by atoms with Crippen LogP contribution in [0.25, 0.3) is 0 Å². The number of hydrogen-bond donors (Lipinski definition) is 2. The van der Waals surface area contributed by atoms with Gasteiger partial charge < -0.3 is 10.8 Å². The summed E-state index contributed by atoms with van der Waals surface area (Å²) in [7, 11) is 0. The quantitative estimate of drug-likeness (QED) is 0.729. The van der Waals surface area contributed by atoms with Crippen LogP contribution in [0.1, 0.15) is 33.6 Å². The van der Waals surface area contributed by atoms with E-state index in [0.29, 0.717) is 19.4 Å². The summed E-state index contributed by atoms with van der Waals surface area (Å²) in [5, 5.41) is 9.02. The summed E-state index contributed by atoms with van der Waals surface area (Å²) in [6.45, 7) is 4.40. The average molecular weight is 256 g/mol. The number of aliphatic hydroxyl groups is 1. The molecule has 0 saturated heterocycles. The lowest BCUT2D eigenvalue weighted by atomic mass is 9.95. The highest BCUT2D eigenvalue weighted by molar-refractivity contribution is 4.84. The van der Waals surface area contributed by atoms with E-state index in [9.17, 15) is 13.2 Å². The maximum atomic E-state index is 12.4. The van der Waals surface area contributed by atoms with Gasteiger partial charge in [-0.3, -0.25) is 4.90 Å². The lowest BCUT2D eigenvalue weighted by Gasteiger charge is -2.34. The number of halogens is 3. The molecule has 0 rings (SSSR count). The highest BCUT2D eigenvalue weighted by Crippen LogP contribution is 2.21. The lowest BCUT2D eigenvalue weighted by Crippen LogP contribution is -2.49. The second-order valence-corrected chi connectivity index (χ2v) is 4.95. The minimum atomic E-state index is -4.20. The number of nitrogens with zero attached hydrogens (tertiary/aromatic N) is 1. The molecule has 0 aliphatic carbocycles. The zero-order valence-corrected chi connectivity index (χ0v) is 10.7. The Balaban J connectivity index is 4.49. The molecular formula is C11H23F3N2O. The van der Waals surface area contributed by atoms with Gasteiger partial charge in [-0.15, -0.1) is 0 Å². The minimum Gasteiger partial charge on any atom is -0.394 e. The molecule has 0 bridgehead atoms. The van der Waals surface area contributed by atoms with Gasteiger partial charge in [-0.2, -0.15) is 13.2 Å². The van der Waals surface area contributed by atoms with E-state index in [4.69, 9.17) is 10.8 Å². The molecule has 3 N–H and O–H groups in total. The summed E-state index contributed by atoms with van der Waals surface area (Å²) in [4.78, 5) is 1.36. The molecule has 0 aliphatic rings. The number of hydrogen-bond acceptors (Lipinski definition) is 3. The SMILES string of the molecule is CCCN(CC(F)(F)F)C(C)CC(C)(N)CO. The van der Waals surface area contributed by atoms with E-state index >= 15 is 0 Å². The van der Waals surface area contributed by atoms with Crippen LogP contribution in [0.2, 0.25) is 0 Å². The highest BCUT2D eigenvalue weighted by atomic mass is 19.4. The summed E-state index contributed by atoms with van der Waals surface area (Å²) in [5.41, 5.74) is 4.92. The van der Waals surface area contributed by atoms with Gasteiger partial charge >= 0.3 is 6.18 Å². The van der Waals surface area contributed by atoms with Crippen molar-refractivity contribution in [1.82, 2.24) is 4.90 Å². The summed E-state index contributed by atoms with van der Waals surface area (Å²) >= 11 is 0. The van der Waals surface area contributed by atoms with Crippen molar-refractivity contribution in [2.75, 3.05) is 19.7 Å². The van der Waals surface area contributed by atoms with Gasteiger partial charge in [0.2, 0.25) is 0 Å². The van der Waals surface area contributed by atoms with Crippen LogP contribution in [0.3, 0.4) is 0 Å². The van der Waals surface area contributed by atoms with E-state index in [2.05, 4.69) is 0 Å². The molecule has 6 heteroatoms. The number of nitrogens with two attached hydrogens (primary N) is 1. The third kappa shape index (κ3) is 7.57. The second-order valence-electron chi connectivity index (χ2n) is 4.95. The van der Waals surface area contributed by atoms with Crippen LogP contribution in [-0.2, 0) is 0 Å². The van der Waals surface area contributed by atoms with Crippen molar-refractivity contribution < 1.29 is 18.3 Å². The Kier molecular flexibility index (Phi) is 6.43. The standard InChI is InChI=1S/C11H23F3N2O/c1-4-5-16(7-11(12,13)14)9(2)6-10(3,15)8-17/h9,17H,4-8,15H2,1-3H3. The second kappa shape index (κ2) is 6.56. The van der Waals surface area contributed by atoms with Crippen molar-refractivity contribution in [3.8, 4) is 0 Å². The first-order valence-electron chi connectivity index (χ1n) is 5.82. The van der Waals surface area contributed by atoms with E-state index < -0.39 is 18.3 Å². The van der Waals surface area contributed by atoms with Gasteiger partial charge in [-0.05, 0) is 33.2 Å². The molecule has 0 aromatic heterocycles. The Hall–Kier alpha value is -0.330. The van der Waals surface area contributed by atoms with Crippen LogP contribution in [0.15, 0.2) is 0 Å². The van der Waals surface area contributed by atoms with Crippen molar-refractivity contribution in [3.05, 3.63) is 0 Å². The Bertz CT molecular complexity index is 219. The lowest BCUT2D eigenvalue weighted by molar-refractivity contribution is -0.151. The minimum absolute atomic E-state index is 0.233. The molecule has 0 aliphatic heterocycles. The predicted octanol–water partition coefficient (Wildman–Crippen LogP) is 1.75. The molecule has 3 nitrogen and oxygen atoms in total. The molecule has 104 valence electrons. The maximum absolute atomic E-state index is 12.4. The summed E-state index contributed by atoms with van der Waals surface area (Å²) in [6, 6.07) is -0.307. The van der Waals surface area contributed by atoms with Crippen LogP contribution < -0.4 is 5.73 Å². The molecule has 0 spiro atoms. The molecule has 0 aromatic carbocycles. The molecule has 0 aromatic rings. The van der Waals surface area contributed by atoms with Crippen molar-refractivity contribution in [2.45, 2.75) is 51.4 Å². The van der Waals surface area contributed by atoms with Crippen molar-refractivity contribution in [2.24, 2.45) is 5.73 Å². The van der Waals surface area contributed by atoms with Crippen LogP contribution in [0.5, 0.6) is 0 Å². The zero-order valence-electron chi connectivity index (χ0n) is 10.7. The van der Waals surface area contributed by atoms with Gasteiger partial charge in [0, 0.05) is 11.6 Å². The Morgan fingerprint density at radius 3 is 2.24 bits per heavy atom. The van der Waals surface area contributed by atoms with Crippen LogP contribution in [0, 0.1) is 0 Å². The topological polar surface area (TPSA) is 49.5 Å². The van der Waals surface area contributed by atoms with Crippen LogP contribution >= 0.6 is 0 Å². The summed E-state index contributed by atoms with van der Waals surface area (Å²) in [5.74, 6) is 0. The molecule has 0 amide bonds. The van der Waals surface area contributed by atoms with Crippen molar-refractivity contribution in [3.63, 3.8) is 0 Å². The smallest absolute Gasteiger partial charge is 0.394 e.